The highest BCUT2D eigenvalue weighted by atomic mass is 19.2. The summed E-state index contributed by atoms with van der Waals surface area (Å²) >= 11 is 0. The molecule has 3 rings (SSSR count). The van der Waals surface area contributed by atoms with E-state index < -0.39 is 11.6 Å². The van der Waals surface area contributed by atoms with Gasteiger partial charge in [0.15, 0.2) is 17.9 Å². The molecule has 2 heterocycles. The van der Waals surface area contributed by atoms with Crippen molar-refractivity contribution in [3.8, 4) is 16.9 Å². The smallest absolute Gasteiger partial charge is 0.159 e. The summed E-state index contributed by atoms with van der Waals surface area (Å²) in [6.45, 7) is 0. The molecule has 3 aromatic rings. The number of rotatable bonds is 3. The van der Waals surface area contributed by atoms with E-state index in [1.807, 2.05) is 0 Å². The molecule has 6 heteroatoms. The Bertz CT molecular complexity index is 800. The predicted octanol–water partition coefficient (Wildman–Crippen LogP) is 3.03. The minimum absolute atomic E-state index is 0.290. The standard InChI is InChI=1S/C15H9F2N3O/c16-13-2-1-10(7-14(13)17)15-11(9-21)8-20(19-15)12-3-5-18-6-4-12/h1-9H. The SMILES string of the molecule is O=Cc1cn(-c2ccncc2)nc1-c1ccc(F)c(F)c1. The van der Waals surface area contributed by atoms with Gasteiger partial charge in [0.25, 0.3) is 0 Å². The highest BCUT2D eigenvalue weighted by molar-refractivity contribution is 5.85. The van der Waals surface area contributed by atoms with Crippen LogP contribution in [0.3, 0.4) is 0 Å². The van der Waals surface area contributed by atoms with Gasteiger partial charge in [0.05, 0.1) is 11.3 Å². The first-order chi connectivity index (χ1) is 10.2. The van der Waals surface area contributed by atoms with Crippen LogP contribution in [0.4, 0.5) is 8.78 Å². The molecule has 1 aromatic carbocycles. The Morgan fingerprint density at radius 3 is 2.48 bits per heavy atom. The maximum absolute atomic E-state index is 13.3. The summed E-state index contributed by atoms with van der Waals surface area (Å²) in [6.07, 6.45) is 5.34. The largest absolute Gasteiger partial charge is 0.298 e. The van der Waals surface area contributed by atoms with Crippen LogP contribution in [0.2, 0.25) is 0 Å². The third kappa shape index (κ3) is 2.43. The highest BCUT2D eigenvalue weighted by Gasteiger charge is 2.13. The topological polar surface area (TPSA) is 47.8 Å². The average Bonchev–Trinajstić information content (AvgIpc) is 2.95. The number of hydrogen-bond acceptors (Lipinski definition) is 3. The first kappa shape index (κ1) is 13.1. The van der Waals surface area contributed by atoms with E-state index in [1.54, 1.807) is 24.5 Å². The lowest BCUT2D eigenvalue weighted by Crippen LogP contribution is -1.95. The Kier molecular flexibility index (Phi) is 3.27. The van der Waals surface area contributed by atoms with Gasteiger partial charge in [-0.3, -0.25) is 9.78 Å². The number of pyridine rings is 1. The van der Waals surface area contributed by atoms with Crippen LogP contribution in [0.5, 0.6) is 0 Å². The fourth-order valence-corrected chi connectivity index (χ4v) is 1.97. The van der Waals surface area contributed by atoms with Crippen molar-refractivity contribution in [2.45, 2.75) is 0 Å². The van der Waals surface area contributed by atoms with Gasteiger partial charge in [-0.15, -0.1) is 0 Å². The molecule has 0 aliphatic rings. The first-order valence-corrected chi connectivity index (χ1v) is 6.09. The first-order valence-electron chi connectivity index (χ1n) is 6.09. The van der Waals surface area contributed by atoms with Crippen molar-refractivity contribution in [3.05, 3.63) is 66.1 Å². The van der Waals surface area contributed by atoms with Gasteiger partial charge in [-0.1, -0.05) is 0 Å². The third-order valence-corrected chi connectivity index (χ3v) is 2.99. The number of nitrogens with zero attached hydrogens (tertiary/aromatic N) is 3. The Morgan fingerprint density at radius 1 is 1.05 bits per heavy atom. The third-order valence-electron chi connectivity index (χ3n) is 2.99. The van der Waals surface area contributed by atoms with E-state index in [4.69, 9.17) is 0 Å². The van der Waals surface area contributed by atoms with E-state index in [9.17, 15) is 13.6 Å². The maximum Gasteiger partial charge on any atom is 0.159 e. The van der Waals surface area contributed by atoms with Gasteiger partial charge >= 0.3 is 0 Å². The van der Waals surface area contributed by atoms with Gasteiger partial charge in [-0.05, 0) is 30.3 Å². The minimum Gasteiger partial charge on any atom is -0.298 e. The average molecular weight is 285 g/mol. The summed E-state index contributed by atoms with van der Waals surface area (Å²) in [4.78, 5) is 15.1. The van der Waals surface area contributed by atoms with Crippen molar-refractivity contribution >= 4 is 6.29 Å². The molecule has 104 valence electrons. The zero-order chi connectivity index (χ0) is 14.8. The second-order valence-electron chi connectivity index (χ2n) is 4.33. The minimum atomic E-state index is -0.984. The van der Waals surface area contributed by atoms with Gasteiger partial charge < -0.3 is 0 Å². The molecule has 4 nitrogen and oxygen atoms in total. The summed E-state index contributed by atoms with van der Waals surface area (Å²) in [7, 11) is 0. The van der Waals surface area contributed by atoms with Crippen LogP contribution in [0.1, 0.15) is 10.4 Å². The molecule has 0 amide bonds. The van der Waals surface area contributed by atoms with Crippen molar-refractivity contribution in [3.63, 3.8) is 0 Å². The predicted molar refractivity (Wildman–Crippen MR) is 72.1 cm³/mol. The number of carbonyl (C=O) groups is 1. The van der Waals surface area contributed by atoms with E-state index in [-0.39, 0.29) is 5.56 Å². The molecule has 0 saturated heterocycles. The van der Waals surface area contributed by atoms with Crippen molar-refractivity contribution in [2.24, 2.45) is 0 Å². The molecule has 21 heavy (non-hydrogen) atoms. The van der Waals surface area contributed by atoms with Gasteiger partial charge in [0, 0.05) is 24.2 Å². The number of carbonyl (C=O) groups excluding carboxylic acids is 1. The molecule has 0 radical (unpaired) electrons. The molecular weight excluding hydrogens is 276 g/mol. The molecule has 0 spiro atoms. The molecule has 2 aromatic heterocycles. The quantitative estimate of drug-likeness (QED) is 0.695. The Labute approximate surface area is 118 Å². The molecule has 0 fully saturated rings. The summed E-state index contributed by atoms with van der Waals surface area (Å²) in [6, 6.07) is 6.84. The van der Waals surface area contributed by atoms with E-state index in [0.29, 0.717) is 23.2 Å². The number of aldehydes is 1. The molecule has 0 atom stereocenters. The van der Waals surface area contributed by atoms with Gasteiger partial charge in [-0.25, -0.2) is 13.5 Å². The van der Waals surface area contributed by atoms with Crippen LogP contribution in [-0.4, -0.2) is 21.1 Å². The number of halogens is 2. The van der Waals surface area contributed by atoms with E-state index >= 15 is 0 Å². The van der Waals surface area contributed by atoms with E-state index in [2.05, 4.69) is 10.1 Å². The molecule has 0 aliphatic carbocycles. The highest BCUT2D eigenvalue weighted by Crippen LogP contribution is 2.24. The Hall–Kier alpha value is -2.89. The molecule has 0 saturated carbocycles. The summed E-state index contributed by atoms with van der Waals surface area (Å²) < 4.78 is 27.8. The number of hydrogen-bond donors (Lipinski definition) is 0. The van der Waals surface area contributed by atoms with Crippen molar-refractivity contribution in [1.82, 2.24) is 14.8 Å². The Balaban J connectivity index is 2.12. The van der Waals surface area contributed by atoms with Crippen molar-refractivity contribution < 1.29 is 13.6 Å². The van der Waals surface area contributed by atoms with Gasteiger partial charge in [0.1, 0.15) is 5.69 Å². The maximum atomic E-state index is 13.3. The van der Waals surface area contributed by atoms with E-state index in [0.717, 1.165) is 12.1 Å². The number of aromatic nitrogens is 3. The lowest BCUT2D eigenvalue weighted by molar-refractivity contribution is 0.112. The lowest BCUT2D eigenvalue weighted by Gasteiger charge is -2.00. The summed E-state index contributed by atoms with van der Waals surface area (Å²) in [5, 5.41) is 4.26. The lowest BCUT2D eigenvalue weighted by atomic mass is 10.1. The monoisotopic (exact) mass is 285 g/mol. The zero-order valence-electron chi connectivity index (χ0n) is 10.7. The van der Waals surface area contributed by atoms with Crippen LogP contribution in [0, 0.1) is 11.6 Å². The fraction of sp³-hybridized carbons (Fsp3) is 0. The molecule has 0 unspecified atom stereocenters. The number of benzene rings is 1. The van der Waals surface area contributed by atoms with Crippen LogP contribution in [0.25, 0.3) is 16.9 Å². The second kappa shape index (κ2) is 5.24. The van der Waals surface area contributed by atoms with Crippen LogP contribution in [0.15, 0.2) is 48.9 Å². The summed E-state index contributed by atoms with van der Waals surface area (Å²) in [5.74, 6) is -1.93. The molecule has 0 bridgehead atoms. The van der Waals surface area contributed by atoms with Crippen molar-refractivity contribution in [1.29, 1.82) is 0 Å². The molecular formula is C15H9F2N3O. The van der Waals surface area contributed by atoms with Crippen LogP contribution >= 0.6 is 0 Å². The Morgan fingerprint density at radius 2 is 1.81 bits per heavy atom. The zero-order valence-corrected chi connectivity index (χ0v) is 10.7. The van der Waals surface area contributed by atoms with Gasteiger partial charge in [0.2, 0.25) is 0 Å². The second-order valence-corrected chi connectivity index (χ2v) is 4.33. The van der Waals surface area contributed by atoms with Crippen LogP contribution < -0.4 is 0 Å². The van der Waals surface area contributed by atoms with Crippen molar-refractivity contribution in [2.75, 3.05) is 0 Å². The van der Waals surface area contributed by atoms with E-state index in [1.165, 1.54) is 16.9 Å². The fourth-order valence-electron chi connectivity index (χ4n) is 1.97. The molecule has 0 aliphatic heterocycles. The van der Waals surface area contributed by atoms with Crippen LogP contribution in [-0.2, 0) is 0 Å². The molecule has 0 N–H and O–H groups in total. The summed E-state index contributed by atoms with van der Waals surface area (Å²) in [5.41, 5.74) is 1.63. The van der Waals surface area contributed by atoms with Gasteiger partial charge in [-0.2, -0.15) is 5.10 Å². The normalized spacial score (nSPS) is 10.6.